The fraction of sp³-hybridized carbons (Fsp3) is 0.333. The molecule has 1 aromatic heterocycles. The van der Waals surface area contributed by atoms with E-state index in [2.05, 4.69) is 0 Å². The summed E-state index contributed by atoms with van der Waals surface area (Å²) in [5.41, 5.74) is 0.570. The summed E-state index contributed by atoms with van der Waals surface area (Å²) >= 11 is 0. The largest absolute Gasteiger partial charge is 0.548 e. The van der Waals surface area contributed by atoms with Crippen LogP contribution in [0.3, 0.4) is 0 Å². The third kappa shape index (κ3) is 4.84. The van der Waals surface area contributed by atoms with Gasteiger partial charge in [0, 0.05) is 23.4 Å². The average Bonchev–Trinajstić information content (AvgIpc) is 2.59. The number of carbonyl (C=O) groups excluding carboxylic acids is 3. The van der Waals surface area contributed by atoms with Crippen LogP contribution in [0.1, 0.15) is 17.5 Å². The Balaban J connectivity index is 2.24. The number of hydrogen-bond donors (Lipinski definition) is 0. The van der Waals surface area contributed by atoms with Crippen LogP contribution in [0.2, 0.25) is 0 Å². The van der Waals surface area contributed by atoms with Crippen LogP contribution in [0.25, 0.3) is 11.0 Å². The molecule has 0 radical (unpaired) electrons. The first kappa shape index (κ1) is 20.0. The number of nitrogens with zero attached hydrogens (tertiary/aromatic N) is 1. The molecule has 0 bridgehead atoms. The van der Waals surface area contributed by atoms with Gasteiger partial charge < -0.3 is 33.9 Å². The first-order valence-corrected chi connectivity index (χ1v) is 8.00. The minimum absolute atomic E-state index is 0.0361. The van der Waals surface area contributed by atoms with Crippen molar-refractivity contribution in [2.24, 2.45) is 0 Å². The molecular weight excluding hydrogens is 358 g/mol. The molecule has 27 heavy (non-hydrogen) atoms. The number of ether oxygens (including phenoxy) is 1. The van der Waals surface area contributed by atoms with Crippen molar-refractivity contribution in [2.75, 3.05) is 20.2 Å². The van der Waals surface area contributed by atoms with Gasteiger partial charge in [0.1, 0.15) is 11.3 Å². The number of aliphatic carboxylic acids is 2. The van der Waals surface area contributed by atoms with E-state index in [9.17, 15) is 29.4 Å². The van der Waals surface area contributed by atoms with E-state index >= 15 is 0 Å². The van der Waals surface area contributed by atoms with Gasteiger partial charge in [0.05, 0.1) is 32.1 Å². The number of carboxylic acids is 2. The monoisotopic (exact) mass is 375 g/mol. The van der Waals surface area contributed by atoms with Crippen LogP contribution in [0, 0.1) is 6.92 Å². The van der Waals surface area contributed by atoms with Crippen molar-refractivity contribution in [1.29, 1.82) is 0 Å². The molecule has 9 heteroatoms. The molecule has 0 aliphatic carbocycles. The third-order valence-corrected chi connectivity index (χ3v) is 4.08. The fourth-order valence-electron chi connectivity index (χ4n) is 2.72. The molecular formula is C18H17NO8-2. The van der Waals surface area contributed by atoms with Crippen LogP contribution in [0.15, 0.2) is 27.4 Å². The number of rotatable bonds is 8. The Bertz CT molecular complexity index is 930. The molecule has 0 aliphatic rings. The molecule has 0 atom stereocenters. The SMILES string of the molecule is COc1ccc2c(C)c(CCC(=O)N(CC(=O)[O-])CC(=O)[O-])c(=O)oc2c1. The van der Waals surface area contributed by atoms with Crippen molar-refractivity contribution in [3.63, 3.8) is 0 Å². The number of carboxylic acid groups (broad SMARTS) is 2. The Morgan fingerprint density at radius 1 is 1.15 bits per heavy atom. The highest BCUT2D eigenvalue weighted by Crippen LogP contribution is 2.24. The predicted octanol–water partition coefficient (Wildman–Crippen LogP) is -1.63. The highest BCUT2D eigenvalue weighted by molar-refractivity contribution is 5.85. The van der Waals surface area contributed by atoms with Crippen molar-refractivity contribution >= 4 is 28.8 Å². The first-order chi connectivity index (χ1) is 12.7. The van der Waals surface area contributed by atoms with E-state index in [1.807, 2.05) is 0 Å². The van der Waals surface area contributed by atoms with Crippen molar-refractivity contribution in [3.8, 4) is 5.75 Å². The summed E-state index contributed by atoms with van der Waals surface area (Å²) in [6, 6.07) is 4.99. The van der Waals surface area contributed by atoms with Crippen molar-refractivity contribution in [3.05, 3.63) is 39.7 Å². The van der Waals surface area contributed by atoms with Gasteiger partial charge in [0.15, 0.2) is 0 Å². The zero-order chi connectivity index (χ0) is 20.1. The lowest BCUT2D eigenvalue weighted by atomic mass is 10.0. The summed E-state index contributed by atoms with van der Waals surface area (Å²) in [5, 5.41) is 22.0. The standard InChI is InChI=1S/C18H19NO8/c1-10-12-4-3-11(26-2)7-14(12)27-18(25)13(10)5-6-15(20)19(8-16(21)22)9-17(23)24/h3-4,7H,5-6,8-9H2,1-2H3,(H,21,22)(H,23,24)/p-2. The maximum Gasteiger partial charge on any atom is 0.339 e. The van der Waals surface area contributed by atoms with Gasteiger partial charge in [-0.3, -0.25) is 4.79 Å². The molecule has 0 aliphatic heterocycles. The quantitative estimate of drug-likeness (QED) is 0.501. The van der Waals surface area contributed by atoms with Crippen molar-refractivity contribution in [1.82, 2.24) is 4.90 Å². The number of benzene rings is 1. The summed E-state index contributed by atoms with van der Waals surface area (Å²) in [4.78, 5) is 46.4. The second-order valence-corrected chi connectivity index (χ2v) is 5.85. The lowest BCUT2D eigenvalue weighted by molar-refractivity contribution is -0.309. The van der Waals surface area contributed by atoms with Crippen LogP contribution in [-0.4, -0.2) is 42.9 Å². The molecule has 0 spiro atoms. The number of methoxy groups -OCH3 is 1. The van der Waals surface area contributed by atoms with E-state index in [0.717, 1.165) is 0 Å². The first-order valence-electron chi connectivity index (χ1n) is 8.00. The Hall–Kier alpha value is -3.36. The number of carbonyl (C=O) groups is 3. The molecule has 144 valence electrons. The number of amides is 1. The Morgan fingerprint density at radius 3 is 2.33 bits per heavy atom. The Labute approximate surface area is 153 Å². The normalized spacial score (nSPS) is 10.6. The van der Waals surface area contributed by atoms with Gasteiger partial charge in [-0.25, -0.2) is 4.79 Å². The van der Waals surface area contributed by atoms with Crippen LogP contribution in [0.5, 0.6) is 5.75 Å². The maximum atomic E-state index is 12.3. The highest BCUT2D eigenvalue weighted by Gasteiger charge is 2.17. The van der Waals surface area contributed by atoms with Gasteiger partial charge in [0.2, 0.25) is 5.91 Å². The minimum atomic E-state index is -1.60. The maximum absolute atomic E-state index is 12.3. The van der Waals surface area contributed by atoms with Gasteiger partial charge in [-0.15, -0.1) is 0 Å². The van der Waals surface area contributed by atoms with Crippen LogP contribution < -0.4 is 20.6 Å². The molecule has 1 aromatic carbocycles. The van der Waals surface area contributed by atoms with Gasteiger partial charge in [-0.1, -0.05) is 0 Å². The lowest BCUT2D eigenvalue weighted by Gasteiger charge is -2.23. The lowest BCUT2D eigenvalue weighted by Crippen LogP contribution is -2.47. The van der Waals surface area contributed by atoms with Gasteiger partial charge >= 0.3 is 5.63 Å². The fourth-order valence-corrected chi connectivity index (χ4v) is 2.72. The third-order valence-electron chi connectivity index (χ3n) is 4.08. The topological polar surface area (TPSA) is 140 Å². The summed E-state index contributed by atoms with van der Waals surface area (Å²) in [7, 11) is 1.48. The molecule has 0 fully saturated rings. The summed E-state index contributed by atoms with van der Waals surface area (Å²) < 4.78 is 10.4. The summed E-state index contributed by atoms with van der Waals surface area (Å²) in [6.07, 6.45) is -0.306. The average molecular weight is 375 g/mol. The van der Waals surface area contributed by atoms with Gasteiger partial charge in [-0.05, 0) is 31.0 Å². The minimum Gasteiger partial charge on any atom is -0.548 e. The number of fused-ring (bicyclic) bond motifs is 1. The molecule has 0 saturated carbocycles. The second kappa shape index (κ2) is 8.35. The van der Waals surface area contributed by atoms with E-state index in [4.69, 9.17) is 9.15 Å². The van der Waals surface area contributed by atoms with Crippen molar-refractivity contribution < 1.29 is 33.8 Å². The molecule has 1 heterocycles. The zero-order valence-electron chi connectivity index (χ0n) is 14.8. The zero-order valence-corrected chi connectivity index (χ0v) is 14.8. The van der Waals surface area contributed by atoms with Gasteiger partial charge in [-0.2, -0.15) is 0 Å². The number of hydrogen-bond acceptors (Lipinski definition) is 8. The van der Waals surface area contributed by atoms with E-state index in [1.54, 1.807) is 25.1 Å². The summed E-state index contributed by atoms with van der Waals surface area (Å²) in [6.45, 7) is -0.0541. The predicted molar refractivity (Wildman–Crippen MR) is 88.7 cm³/mol. The summed E-state index contributed by atoms with van der Waals surface area (Å²) in [5.74, 6) is -3.43. The number of aryl methyl sites for hydroxylation is 1. The molecule has 0 saturated heterocycles. The van der Waals surface area contributed by atoms with Crippen LogP contribution >= 0.6 is 0 Å². The second-order valence-electron chi connectivity index (χ2n) is 5.85. The van der Waals surface area contributed by atoms with Crippen molar-refractivity contribution in [2.45, 2.75) is 19.8 Å². The molecule has 1 amide bonds. The van der Waals surface area contributed by atoms with E-state index in [1.165, 1.54) is 7.11 Å². The van der Waals surface area contributed by atoms with Crippen LogP contribution in [-0.2, 0) is 20.8 Å². The smallest absolute Gasteiger partial charge is 0.339 e. The van der Waals surface area contributed by atoms with E-state index in [0.29, 0.717) is 27.2 Å². The van der Waals surface area contributed by atoms with Gasteiger partial charge in [0.25, 0.3) is 0 Å². The molecule has 9 nitrogen and oxygen atoms in total. The Morgan fingerprint density at radius 2 is 1.78 bits per heavy atom. The molecule has 2 rings (SSSR count). The van der Waals surface area contributed by atoms with E-state index in [-0.39, 0.29) is 18.4 Å². The molecule has 2 aromatic rings. The van der Waals surface area contributed by atoms with Crippen LogP contribution in [0.4, 0.5) is 0 Å². The molecule has 0 unspecified atom stereocenters. The Kier molecular flexibility index (Phi) is 6.17. The highest BCUT2D eigenvalue weighted by atomic mass is 16.5. The van der Waals surface area contributed by atoms with E-state index < -0.39 is 36.6 Å². The molecule has 0 N–H and O–H groups in total.